The quantitative estimate of drug-likeness (QED) is 0.727. The molecule has 4 nitrogen and oxygen atoms in total. The SMILES string of the molecule is NSc1ccc(-n2ccnn2)cc1. The molecule has 1 aromatic carbocycles. The van der Waals surface area contributed by atoms with Crippen LogP contribution in [0.3, 0.4) is 0 Å². The molecule has 2 rings (SSSR count). The number of rotatable bonds is 2. The smallest absolute Gasteiger partial charge is 0.0697 e. The summed E-state index contributed by atoms with van der Waals surface area (Å²) >= 11 is 1.23. The second-order valence-corrected chi connectivity index (χ2v) is 3.17. The van der Waals surface area contributed by atoms with E-state index in [9.17, 15) is 0 Å². The minimum absolute atomic E-state index is 0.982. The number of benzene rings is 1. The number of nitrogens with two attached hydrogens (primary N) is 1. The van der Waals surface area contributed by atoms with E-state index in [2.05, 4.69) is 10.3 Å². The third kappa shape index (κ3) is 1.71. The zero-order valence-electron chi connectivity index (χ0n) is 6.79. The number of hydrogen-bond acceptors (Lipinski definition) is 4. The number of aromatic nitrogens is 3. The summed E-state index contributed by atoms with van der Waals surface area (Å²) in [6.07, 6.45) is 3.44. The molecule has 0 unspecified atom stereocenters. The standard InChI is InChI=1S/C8H8N4S/c9-13-8-3-1-7(2-4-8)12-6-5-10-11-12/h1-6H,9H2. The lowest BCUT2D eigenvalue weighted by Gasteiger charge is -2.00. The van der Waals surface area contributed by atoms with E-state index >= 15 is 0 Å². The summed E-state index contributed by atoms with van der Waals surface area (Å²) in [5.74, 6) is 0. The Morgan fingerprint density at radius 3 is 2.54 bits per heavy atom. The van der Waals surface area contributed by atoms with Crippen LogP contribution in [0.15, 0.2) is 41.6 Å². The minimum Gasteiger partial charge on any atom is -0.274 e. The minimum atomic E-state index is 0.982. The van der Waals surface area contributed by atoms with Gasteiger partial charge < -0.3 is 0 Å². The molecule has 0 fully saturated rings. The van der Waals surface area contributed by atoms with Crippen molar-refractivity contribution in [1.82, 2.24) is 15.0 Å². The maximum atomic E-state index is 5.40. The maximum absolute atomic E-state index is 5.40. The second-order valence-electron chi connectivity index (χ2n) is 2.46. The van der Waals surface area contributed by atoms with E-state index in [-0.39, 0.29) is 0 Å². The van der Waals surface area contributed by atoms with Gasteiger partial charge in [0.05, 0.1) is 18.1 Å². The Balaban J connectivity index is 2.33. The van der Waals surface area contributed by atoms with Crippen LogP contribution in [0, 0.1) is 0 Å². The van der Waals surface area contributed by atoms with Gasteiger partial charge in [0.25, 0.3) is 0 Å². The van der Waals surface area contributed by atoms with Gasteiger partial charge in [-0.25, -0.2) is 4.68 Å². The second kappa shape index (κ2) is 3.59. The van der Waals surface area contributed by atoms with Crippen LogP contribution in [0.25, 0.3) is 5.69 Å². The van der Waals surface area contributed by atoms with Gasteiger partial charge >= 0.3 is 0 Å². The van der Waals surface area contributed by atoms with Gasteiger partial charge in [0.15, 0.2) is 0 Å². The Kier molecular flexibility index (Phi) is 2.29. The van der Waals surface area contributed by atoms with Gasteiger partial charge in [-0.05, 0) is 36.2 Å². The molecule has 1 heterocycles. The van der Waals surface area contributed by atoms with Crippen molar-refractivity contribution < 1.29 is 0 Å². The third-order valence-electron chi connectivity index (χ3n) is 1.66. The van der Waals surface area contributed by atoms with Gasteiger partial charge in [0.2, 0.25) is 0 Å². The van der Waals surface area contributed by atoms with Gasteiger partial charge in [-0.15, -0.1) is 5.10 Å². The first-order valence-electron chi connectivity index (χ1n) is 3.73. The zero-order valence-corrected chi connectivity index (χ0v) is 7.61. The van der Waals surface area contributed by atoms with E-state index in [0.717, 1.165) is 10.6 Å². The molecule has 0 aliphatic rings. The first-order chi connectivity index (χ1) is 6.40. The lowest BCUT2D eigenvalue weighted by atomic mass is 10.3. The predicted molar refractivity (Wildman–Crippen MR) is 51.4 cm³/mol. The average molecular weight is 192 g/mol. The number of hydrogen-bond donors (Lipinski definition) is 1. The fraction of sp³-hybridized carbons (Fsp3) is 0. The molecule has 0 aliphatic heterocycles. The molecule has 13 heavy (non-hydrogen) atoms. The van der Waals surface area contributed by atoms with E-state index in [1.54, 1.807) is 17.1 Å². The predicted octanol–water partition coefficient (Wildman–Crippen LogP) is 1.23. The molecule has 0 atom stereocenters. The number of nitrogens with zero attached hydrogens (tertiary/aromatic N) is 3. The van der Waals surface area contributed by atoms with Crippen LogP contribution in [0.4, 0.5) is 0 Å². The van der Waals surface area contributed by atoms with E-state index in [1.165, 1.54) is 11.9 Å². The molecule has 66 valence electrons. The zero-order chi connectivity index (χ0) is 9.10. The Bertz CT molecular complexity index is 368. The molecule has 2 N–H and O–H groups in total. The van der Waals surface area contributed by atoms with Gasteiger partial charge in [-0.3, -0.25) is 5.14 Å². The van der Waals surface area contributed by atoms with Crippen molar-refractivity contribution in [3.8, 4) is 5.69 Å². The average Bonchev–Trinajstić information content (AvgIpc) is 2.71. The largest absolute Gasteiger partial charge is 0.274 e. The molecule has 1 aromatic heterocycles. The summed E-state index contributed by atoms with van der Waals surface area (Å²) in [6, 6.07) is 7.79. The van der Waals surface area contributed by atoms with E-state index in [0.29, 0.717) is 0 Å². The van der Waals surface area contributed by atoms with Crippen LogP contribution in [0.1, 0.15) is 0 Å². The highest BCUT2D eigenvalue weighted by Crippen LogP contribution is 2.14. The van der Waals surface area contributed by atoms with Gasteiger partial charge in [0, 0.05) is 4.90 Å². The summed E-state index contributed by atoms with van der Waals surface area (Å²) < 4.78 is 1.70. The molecule has 2 aromatic rings. The first kappa shape index (κ1) is 8.28. The summed E-state index contributed by atoms with van der Waals surface area (Å²) in [5.41, 5.74) is 0.982. The van der Waals surface area contributed by atoms with Crippen molar-refractivity contribution in [2.45, 2.75) is 4.90 Å². The summed E-state index contributed by atoms with van der Waals surface area (Å²) in [5, 5.41) is 13.0. The fourth-order valence-corrected chi connectivity index (χ4v) is 1.32. The monoisotopic (exact) mass is 192 g/mol. The lowest BCUT2D eigenvalue weighted by Crippen LogP contribution is -1.94. The molecule has 5 heteroatoms. The first-order valence-corrected chi connectivity index (χ1v) is 4.61. The summed E-state index contributed by atoms with van der Waals surface area (Å²) in [6.45, 7) is 0. The van der Waals surface area contributed by atoms with Crippen molar-refractivity contribution in [2.24, 2.45) is 5.14 Å². The molecule has 0 radical (unpaired) electrons. The van der Waals surface area contributed by atoms with Crippen LogP contribution in [-0.2, 0) is 0 Å². The van der Waals surface area contributed by atoms with Crippen molar-refractivity contribution in [1.29, 1.82) is 0 Å². The van der Waals surface area contributed by atoms with E-state index in [4.69, 9.17) is 5.14 Å². The van der Waals surface area contributed by atoms with Crippen molar-refractivity contribution in [3.63, 3.8) is 0 Å². The van der Waals surface area contributed by atoms with Crippen LogP contribution in [-0.4, -0.2) is 15.0 Å². The topological polar surface area (TPSA) is 56.7 Å². The molecule has 0 aliphatic carbocycles. The summed E-state index contributed by atoms with van der Waals surface area (Å²) in [4.78, 5) is 1.03. The van der Waals surface area contributed by atoms with Crippen LogP contribution in [0.5, 0.6) is 0 Å². The van der Waals surface area contributed by atoms with Gasteiger partial charge in [-0.2, -0.15) is 0 Å². The Hall–Kier alpha value is -1.33. The normalized spacial score (nSPS) is 10.2. The van der Waals surface area contributed by atoms with Crippen molar-refractivity contribution >= 4 is 11.9 Å². The maximum Gasteiger partial charge on any atom is 0.0697 e. The highest BCUT2D eigenvalue weighted by atomic mass is 32.2. The molecule has 0 bridgehead atoms. The lowest BCUT2D eigenvalue weighted by molar-refractivity contribution is 0.802. The van der Waals surface area contributed by atoms with E-state index < -0.39 is 0 Å². The van der Waals surface area contributed by atoms with Crippen molar-refractivity contribution in [2.75, 3.05) is 0 Å². The molecule has 0 saturated carbocycles. The molecular weight excluding hydrogens is 184 g/mol. The van der Waals surface area contributed by atoms with Crippen LogP contribution in [0.2, 0.25) is 0 Å². The van der Waals surface area contributed by atoms with Crippen LogP contribution >= 0.6 is 11.9 Å². The van der Waals surface area contributed by atoms with Gasteiger partial charge in [0.1, 0.15) is 0 Å². The highest BCUT2D eigenvalue weighted by Gasteiger charge is 1.95. The molecular formula is C8H8N4S. The third-order valence-corrected chi connectivity index (χ3v) is 2.20. The highest BCUT2D eigenvalue weighted by molar-refractivity contribution is 7.97. The fourth-order valence-electron chi connectivity index (χ4n) is 1.02. The van der Waals surface area contributed by atoms with E-state index in [1.807, 2.05) is 24.3 Å². The Labute approximate surface area is 79.9 Å². The Morgan fingerprint density at radius 1 is 1.23 bits per heavy atom. The van der Waals surface area contributed by atoms with Crippen LogP contribution < -0.4 is 5.14 Å². The molecule has 0 saturated heterocycles. The molecule has 0 amide bonds. The van der Waals surface area contributed by atoms with Crippen molar-refractivity contribution in [3.05, 3.63) is 36.7 Å². The molecule has 0 spiro atoms. The summed E-state index contributed by atoms with van der Waals surface area (Å²) in [7, 11) is 0. The van der Waals surface area contributed by atoms with Gasteiger partial charge in [-0.1, -0.05) is 5.21 Å². The Morgan fingerprint density at radius 2 is 2.00 bits per heavy atom.